The Morgan fingerprint density at radius 3 is 2.73 bits per heavy atom. The molecule has 2 rings (SSSR count). The smallest absolute Gasteiger partial charge is 0.193 e. The number of hydrogen-bond donors (Lipinski definition) is 0. The molecule has 0 aliphatic heterocycles. The molecule has 0 bridgehead atoms. The molecule has 0 saturated carbocycles. The molecule has 0 amide bonds. The summed E-state index contributed by atoms with van der Waals surface area (Å²) >= 11 is 3.39. The maximum atomic E-state index is 11.9. The van der Waals surface area contributed by atoms with Crippen molar-refractivity contribution in [1.82, 2.24) is 0 Å². The zero-order valence-corrected chi connectivity index (χ0v) is 10.1. The second-order valence-electron chi connectivity index (χ2n) is 3.41. The van der Waals surface area contributed by atoms with E-state index in [4.69, 9.17) is 9.47 Å². The van der Waals surface area contributed by atoms with Crippen LogP contribution in [0.3, 0.4) is 0 Å². The fraction of sp³-hybridized carbons (Fsp3) is 0.364. The molecular formula is C11H11BrO3. The summed E-state index contributed by atoms with van der Waals surface area (Å²) in [6.45, 7) is 0. The van der Waals surface area contributed by atoms with E-state index in [-0.39, 0.29) is 11.9 Å². The molecule has 0 saturated heterocycles. The Hall–Kier alpha value is -0.870. The van der Waals surface area contributed by atoms with Crippen molar-refractivity contribution >= 4 is 21.7 Å². The maximum Gasteiger partial charge on any atom is 0.193 e. The third kappa shape index (κ3) is 1.58. The van der Waals surface area contributed by atoms with Crippen LogP contribution in [0.5, 0.6) is 5.75 Å². The molecule has 1 unspecified atom stereocenters. The Balaban J connectivity index is 2.52. The van der Waals surface area contributed by atoms with Crippen molar-refractivity contribution in [3.05, 3.63) is 27.7 Å². The molecule has 0 radical (unpaired) electrons. The Kier molecular flexibility index (Phi) is 2.80. The minimum absolute atomic E-state index is 0.0262. The highest BCUT2D eigenvalue weighted by atomic mass is 79.9. The van der Waals surface area contributed by atoms with E-state index in [2.05, 4.69) is 15.9 Å². The monoisotopic (exact) mass is 270 g/mol. The number of carbonyl (C=O) groups is 1. The van der Waals surface area contributed by atoms with Gasteiger partial charge in [-0.25, -0.2) is 0 Å². The number of benzene rings is 1. The number of ketones is 1. The number of halogens is 1. The number of carbonyl (C=O) groups excluding carboxylic acids is 1. The Labute approximate surface area is 96.5 Å². The lowest BCUT2D eigenvalue weighted by molar-refractivity contribution is 0.0646. The van der Waals surface area contributed by atoms with Gasteiger partial charge >= 0.3 is 0 Å². The average Bonchev–Trinajstić information content (AvgIpc) is 2.57. The molecule has 0 heterocycles. The topological polar surface area (TPSA) is 35.5 Å². The average molecular weight is 271 g/mol. The van der Waals surface area contributed by atoms with Gasteiger partial charge in [0.05, 0.1) is 11.6 Å². The van der Waals surface area contributed by atoms with Crippen LogP contribution in [0.25, 0.3) is 0 Å². The summed E-state index contributed by atoms with van der Waals surface area (Å²) in [6.07, 6.45) is 0.302. The number of methoxy groups -OCH3 is 2. The summed E-state index contributed by atoms with van der Waals surface area (Å²) in [5.74, 6) is 0.706. The van der Waals surface area contributed by atoms with Crippen LogP contribution in [0, 0.1) is 0 Å². The van der Waals surface area contributed by atoms with Gasteiger partial charge in [0.25, 0.3) is 0 Å². The molecule has 80 valence electrons. The van der Waals surface area contributed by atoms with Crippen molar-refractivity contribution in [2.24, 2.45) is 0 Å². The Bertz CT molecular complexity index is 415. The molecule has 1 aliphatic rings. The van der Waals surface area contributed by atoms with Crippen LogP contribution in [-0.2, 0) is 11.2 Å². The highest BCUT2D eigenvalue weighted by Crippen LogP contribution is 2.36. The lowest BCUT2D eigenvalue weighted by Gasteiger charge is -2.06. The highest BCUT2D eigenvalue weighted by Gasteiger charge is 2.33. The Morgan fingerprint density at radius 2 is 2.13 bits per heavy atom. The molecule has 1 atom stereocenters. The molecule has 1 aromatic rings. The van der Waals surface area contributed by atoms with Crippen molar-refractivity contribution in [2.45, 2.75) is 12.5 Å². The minimum atomic E-state index is -0.344. The number of Topliss-reactive ketones (excluding diaryl/α,β-unsaturated/α-hetero) is 1. The SMILES string of the molecule is COc1ccc2c(c1Br)C(=O)C(OC)C2. The summed E-state index contributed by atoms with van der Waals surface area (Å²) in [4.78, 5) is 11.9. The van der Waals surface area contributed by atoms with Gasteiger partial charge in [-0.3, -0.25) is 4.79 Å². The molecular weight excluding hydrogens is 260 g/mol. The Morgan fingerprint density at radius 1 is 1.40 bits per heavy atom. The molecule has 0 N–H and O–H groups in total. The number of rotatable bonds is 2. The van der Waals surface area contributed by atoms with Gasteiger partial charge in [-0.2, -0.15) is 0 Å². The second-order valence-corrected chi connectivity index (χ2v) is 4.20. The molecule has 0 aromatic heterocycles. The van der Waals surface area contributed by atoms with Gasteiger partial charge < -0.3 is 9.47 Å². The van der Waals surface area contributed by atoms with E-state index in [0.717, 1.165) is 10.0 Å². The zero-order valence-electron chi connectivity index (χ0n) is 8.54. The summed E-state index contributed by atoms with van der Waals surface area (Å²) < 4.78 is 11.0. The zero-order chi connectivity index (χ0) is 11.0. The maximum absolute atomic E-state index is 11.9. The fourth-order valence-corrected chi connectivity index (χ4v) is 2.58. The quantitative estimate of drug-likeness (QED) is 0.827. The van der Waals surface area contributed by atoms with Gasteiger partial charge in [-0.05, 0) is 27.6 Å². The van der Waals surface area contributed by atoms with E-state index in [0.29, 0.717) is 17.7 Å². The van der Waals surface area contributed by atoms with E-state index in [1.807, 2.05) is 12.1 Å². The van der Waals surface area contributed by atoms with Crippen LogP contribution in [0.4, 0.5) is 0 Å². The standard InChI is InChI=1S/C11H11BrO3/c1-14-7-4-3-6-5-8(15-2)11(13)9(6)10(7)12/h3-4,8H,5H2,1-2H3. The van der Waals surface area contributed by atoms with Crippen molar-refractivity contribution in [1.29, 1.82) is 0 Å². The van der Waals surface area contributed by atoms with Crippen LogP contribution in [0.2, 0.25) is 0 Å². The molecule has 0 fully saturated rings. The first-order chi connectivity index (χ1) is 7.19. The van der Waals surface area contributed by atoms with Crippen molar-refractivity contribution in [2.75, 3.05) is 14.2 Å². The first-order valence-corrected chi connectivity index (χ1v) is 5.40. The van der Waals surface area contributed by atoms with Crippen LogP contribution in [0.1, 0.15) is 15.9 Å². The number of fused-ring (bicyclic) bond motifs is 1. The summed E-state index contributed by atoms with van der Waals surface area (Å²) in [7, 11) is 3.14. The van der Waals surface area contributed by atoms with Gasteiger partial charge in [0.1, 0.15) is 11.9 Å². The number of hydrogen-bond acceptors (Lipinski definition) is 3. The number of ether oxygens (including phenoxy) is 2. The lowest BCUT2D eigenvalue weighted by Crippen LogP contribution is -2.17. The van der Waals surface area contributed by atoms with E-state index in [9.17, 15) is 4.79 Å². The van der Waals surface area contributed by atoms with Gasteiger partial charge in [-0.15, -0.1) is 0 Å². The van der Waals surface area contributed by atoms with Crippen molar-refractivity contribution in [3.63, 3.8) is 0 Å². The van der Waals surface area contributed by atoms with E-state index >= 15 is 0 Å². The first kappa shape index (κ1) is 10.6. The summed E-state index contributed by atoms with van der Waals surface area (Å²) in [6, 6.07) is 3.77. The fourth-order valence-electron chi connectivity index (χ4n) is 1.83. The predicted molar refractivity (Wildman–Crippen MR) is 59.5 cm³/mol. The molecule has 3 nitrogen and oxygen atoms in total. The van der Waals surface area contributed by atoms with Crippen molar-refractivity contribution < 1.29 is 14.3 Å². The van der Waals surface area contributed by atoms with E-state index < -0.39 is 0 Å². The predicted octanol–water partition coefficient (Wildman–Crippen LogP) is 2.21. The molecule has 0 spiro atoms. The van der Waals surface area contributed by atoms with Crippen LogP contribution in [0.15, 0.2) is 16.6 Å². The minimum Gasteiger partial charge on any atom is -0.496 e. The third-order valence-corrected chi connectivity index (χ3v) is 3.43. The summed E-state index contributed by atoms with van der Waals surface area (Å²) in [5, 5.41) is 0. The lowest BCUT2D eigenvalue weighted by atomic mass is 10.1. The normalized spacial score (nSPS) is 19.1. The van der Waals surface area contributed by atoms with Gasteiger partial charge in [-0.1, -0.05) is 6.07 Å². The van der Waals surface area contributed by atoms with Gasteiger partial charge in [0, 0.05) is 19.1 Å². The molecule has 1 aliphatic carbocycles. The van der Waals surface area contributed by atoms with E-state index in [1.54, 1.807) is 14.2 Å². The first-order valence-electron chi connectivity index (χ1n) is 4.61. The second kappa shape index (κ2) is 3.94. The highest BCUT2D eigenvalue weighted by molar-refractivity contribution is 9.10. The van der Waals surface area contributed by atoms with Crippen LogP contribution >= 0.6 is 15.9 Å². The molecule has 1 aromatic carbocycles. The third-order valence-electron chi connectivity index (χ3n) is 2.64. The van der Waals surface area contributed by atoms with Crippen molar-refractivity contribution in [3.8, 4) is 5.75 Å². The molecule has 15 heavy (non-hydrogen) atoms. The molecule has 4 heteroatoms. The summed E-state index contributed by atoms with van der Waals surface area (Å²) in [5.41, 5.74) is 1.71. The van der Waals surface area contributed by atoms with Gasteiger partial charge in [0.15, 0.2) is 5.78 Å². The van der Waals surface area contributed by atoms with E-state index in [1.165, 1.54) is 0 Å². The van der Waals surface area contributed by atoms with Crippen LogP contribution < -0.4 is 4.74 Å². The van der Waals surface area contributed by atoms with Gasteiger partial charge in [0.2, 0.25) is 0 Å². The largest absolute Gasteiger partial charge is 0.496 e. The van der Waals surface area contributed by atoms with Crippen LogP contribution in [-0.4, -0.2) is 26.1 Å².